The summed E-state index contributed by atoms with van der Waals surface area (Å²) in [7, 11) is 1.64. The summed E-state index contributed by atoms with van der Waals surface area (Å²) in [6.45, 7) is 4.11. The minimum atomic E-state index is -0.714. The van der Waals surface area contributed by atoms with Gasteiger partial charge in [-0.25, -0.2) is 0 Å². The van der Waals surface area contributed by atoms with Gasteiger partial charge in [0.2, 0.25) is 0 Å². The van der Waals surface area contributed by atoms with Gasteiger partial charge in [0.1, 0.15) is 5.75 Å². The van der Waals surface area contributed by atoms with E-state index in [1.165, 1.54) is 0 Å². The van der Waals surface area contributed by atoms with E-state index < -0.39 is 11.5 Å². The number of aliphatic hydroxyl groups excluding tert-OH is 1. The first-order valence-corrected chi connectivity index (χ1v) is 7.30. The van der Waals surface area contributed by atoms with E-state index in [9.17, 15) is 10.4 Å². The van der Waals surface area contributed by atoms with Gasteiger partial charge in [0.25, 0.3) is 0 Å². The molecule has 1 aromatic carbocycles. The summed E-state index contributed by atoms with van der Waals surface area (Å²) in [6, 6.07) is 8.08. The maximum absolute atomic E-state index is 10.7. The molecule has 0 radical (unpaired) electrons. The van der Waals surface area contributed by atoms with Gasteiger partial charge in [0.05, 0.1) is 24.7 Å². The zero-order chi connectivity index (χ0) is 14.8. The first-order valence-electron chi connectivity index (χ1n) is 7.30. The van der Waals surface area contributed by atoms with E-state index in [-0.39, 0.29) is 0 Å². The van der Waals surface area contributed by atoms with Gasteiger partial charge in [0, 0.05) is 0 Å². The second-order valence-electron chi connectivity index (χ2n) is 5.92. The van der Waals surface area contributed by atoms with Crippen molar-refractivity contribution < 1.29 is 9.84 Å². The maximum atomic E-state index is 10.7. The summed E-state index contributed by atoms with van der Waals surface area (Å²) in [4.78, 5) is 0. The van der Waals surface area contributed by atoms with E-state index >= 15 is 0 Å². The molecule has 0 aliphatic heterocycles. The molecule has 1 aromatic rings. The average Bonchev–Trinajstić information content (AvgIpc) is 2.91. The lowest BCUT2D eigenvalue weighted by molar-refractivity contribution is 0.0640. The molecule has 0 aromatic heterocycles. The number of aryl methyl sites for hydroxylation is 1. The zero-order valence-corrected chi connectivity index (χ0v) is 12.5. The lowest BCUT2D eigenvalue weighted by Gasteiger charge is -2.28. The van der Waals surface area contributed by atoms with Crippen molar-refractivity contribution in [3.05, 3.63) is 29.3 Å². The van der Waals surface area contributed by atoms with E-state index in [2.05, 4.69) is 13.0 Å². The fourth-order valence-electron chi connectivity index (χ4n) is 3.33. The van der Waals surface area contributed by atoms with Crippen LogP contribution in [-0.4, -0.2) is 12.2 Å². The van der Waals surface area contributed by atoms with Crippen molar-refractivity contribution in [2.45, 2.75) is 45.6 Å². The Labute approximate surface area is 121 Å². The van der Waals surface area contributed by atoms with Gasteiger partial charge in [-0.05, 0) is 55.4 Å². The lowest BCUT2D eigenvalue weighted by atomic mass is 9.77. The van der Waals surface area contributed by atoms with Crippen molar-refractivity contribution in [2.75, 3.05) is 7.11 Å². The van der Waals surface area contributed by atoms with E-state index in [1.807, 2.05) is 25.1 Å². The Morgan fingerprint density at radius 1 is 1.55 bits per heavy atom. The van der Waals surface area contributed by atoms with Crippen LogP contribution >= 0.6 is 0 Å². The van der Waals surface area contributed by atoms with Crippen LogP contribution in [0.5, 0.6) is 5.75 Å². The highest BCUT2D eigenvalue weighted by Crippen LogP contribution is 2.50. The van der Waals surface area contributed by atoms with Gasteiger partial charge in [-0.1, -0.05) is 19.4 Å². The molecule has 0 bridgehead atoms. The van der Waals surface area contributed by atoms with Crippen molar-refractivity contribution in [1.82, 2.24) is 0 Å². The molecule has 1 saturated carbocycles. The van der Waals surface area contributed by atoms with Crippen LogP contribution in [0.1, 0.15) is 49.8 Å². The van der Waals surface area contributed by atoms with Gasteiger partial charge in [-0.15, -0.1) is 0 Å². The number of aliphatic hydroxyl groups is 1. The minimum Gasteiger partial charge on any atom is -0.496 e. The van der Waals surface area contributed by atoms with Crippen LogP contribution in [0.2, 0.25) is 0 Å². The molecule has 3 nitrogen and oxygen atoms in total. The van der Waals surface area contributed by atoms with Crippen LogP contribution in [0.4, 0.5) is 0 Å². The molecule has 1 fully saturated rings. The Morgan fingerprint density at radius 2 is 2.30 bits per heavy atom. The summed E-state index contributed by atoms with van der Waals surface area (Å²) >= 11 is 0. The molecule has 1 N–H and O–H groups in total. The van der Waals surface area contributed by atoms with Crippen molar-refractivity contribution in [3.63, 3.8) is 0 Å². The summed E-state index contributed by atoms with van der Waals surface area (Å²) in [5.74, 6) is 1.37. The summed E-state index contributed by atoms with van der Waals surface area (Å²) in [6.07, 6.45) is 2.99. The van der Waals surface area contributed by atoms with Gasteiger partial charge in [-0.2, -0.15) is 5.26 Å². The Kier molecular flexibility index (Phi) is 4.35. The SMILES string of the molecule is CCC1CCC(C#N)(C(O)c2ccc(OC)c(C)c2)C1. The van der Waals surface area contributed by atoms with Crippen molar-refractivity contribution in [1.29, 1.82) is 5.26 Å². The van der Waals surface area contributed by atoms with E-state index in [0.717, 1.165) is 42.6 Å². The van der Waals surface area contributed by atoms with E-state index in [4.69, 9.17) is 4.74 Å². The van der Waals surface area contributed by atoms with Crippen LogP contribution in [0.15, 0.2) is 18.2 Å². The highest BCUT2D eigenvalue weighted by molar-refractivity contribution is 5.38. The van der Waals surface area contributed by atoms with Crippen LogP contribution in [-0.2, 0) is 0 Å². The second kappa shape index (κ2) is 5.85. The van der Waals surface area contributed by atoms with Crippen molar-refractivity contribution in [3.8, 4) is 11.8 Å². The maximum Gasteiger partial charge on any atom is 0.121 e. The Bertz CT molecular complexity index is 520. The molecule has 3 unspecified atom stereocenters. The molecule has 0 spiro atoms. The summed E-state index contributed by atoms with van der Waals surface area (Å²) < 4.78 is 5.24. The van der Waals surface area contributed by atoms with Crippen LogP contribution < -0.4 is 4.74 Å². The number of hydrogen-bond donors (Lipinski definition) is 1. The summed E-state index contributed by atoms with van der Waals surface area (Å²) in [5, 5.41) is 20.3. The standard InChI is InChI=1S/C17H23NO2/c1-4-13-7-8-17(10-13,11-18)16(19)14-5-6-15(20-3)12(2)9-14/h5-6,9,13,16,19H,4,7-8,10H2,1-3H3. The molecule has 0 amide bonds. The van der Waals surface area contributed by atoms with E-state index in [0.29, 0.717) is 5.92 Å². The van der Waals surface area contributed by atoms with Crippen LogP contribution in [0.25, 0.3) is 0 Å². The monoisotopic (exact) mass is 273 g/mol. The quantitative estimate of drug-likeness (QED) is 0.908. The molecule has 108 valence electrons. The normalized spacial score (nSPS) is 27.1. The van der Waals surface area contributed by atoms with Crippen LogP contribution in [0, 0.1) is 29.6 Å². The molecule has 1 aliphatic rings. The second-order valence-corrected chi connectivity index (χ2v) is 5.92. The fraction of sp³-hybridized carbons (Fsp3) is 0.588. The topological polar surface area (TPSA) is 53.2 Å². The van der Waals surface area contributed by atoms with E-state index in [1.54, 1.807) is 7.11 Å². The Hall–Kier alpha value is -1.53. The highest BCUT2D eigenvalue weighted by Gasteiger charge is 2.45. The number of nitriles is 1. The molecule has 3 heteroatoms. The molecule has 3 atom stereocenters. The number of benzene rings is 1. The van der Waals surface area contributed by atoms with Gasteiger partial charge in [-0.3, -0.25) is 0 Å². The number of nitrogens with zero attached hydrogens (tertiary/aromatic N) is 1. The first kappa shape index (κ1) is 14.9. The fourth-order valence-corrected chi connectivity index (χ4v) is 3.33. The van der Waals surface area contributed by atoms with Gasteiger partial charge >= 0.3 is 0 Å². The van der Waals surface area contributed by atoms with Gasteiger partial charge < -0.3 is 9.84 Å². The third-order valence-corrected chi connectivity index (χ3v) is 4.71. The molecule has 1 aliphatic carbocycles. The number of rotatable bonds is 4. The number of methoxy groups -OCH3 is 1. The first-order chi connectivity index (χ1) is 9.56. The number of ether oxygens (including phenoxy) is 1. The lowest BCUT2D eigenvalue weighted by Crippen LogP contribution is -2.24. The zero-order valence-electron chi connectivity index (χ0n) is 12.5. The van der Waals surface area contributed by atoms with Gasteiger partial charge in [0.15, 0.2) is 0 Å². The third-order valence-electron chi connectivity index (χ3n) is 4.71. The predicted octanol–water partition coefficient (Wildman–Crippen LogP) is 3.76. The van der Waals surface area contributed by atoms with Crippen molar-refractivity contribution >= 4 is 0 Å². The smallest absolute Gasteiger partial charge is 0.121 e. The largest absolute Gasteiger partial charge is 0.496 e. The third kappa shape index (κ3) is 2.53. The molecular formula is C17H23NO2. The highest BCUT2D eigenvalue weighted by atomic mass is 16.5. The molecule has 20 heavy (non-hydrogen) atoms. The average molecular weight is 273 g/mol. The Morgan fingerprint density at radius 3 is 2.80 bits per heavy atom. The summed E-state index contributed by atoms with van der Waals surface area (Å²) in [5.41, 5.74) is 1.19. The number of hydrogen-bond acceptors (Lipinski definition) is 3. The van der Waals surface area contributed by atoms with Crippen LogP contribution in [0.3, 0.4) is 0 Å². The molecular weight excluding hydrogens is 250 g/mol. The molecule has 0 heterocycles. The van der Waals surface area contributed by atoms with Crippen molar-refractivity contribution in [2.24, 2.45) is 11.3 Å². The Balaban J connectivity index is 2.28. The molecule has 2 rings (SSSR count). The predicted molar refractivity (Wildman–Crippen MR) is 78.4 cm³/mol. The minimum absolute atomic E-state index is 0.559. The molecule has 0 saturated heterocycles.